The lowest BCUT2D eigenvalue weighted by molar-refractivity contribution is 0.0692. The van der Waals surface area contributed by atoms with Gasteiger partial charge in [-0.05, 0) is 33.1 Å². The van der Waals surface area contributed by atoms with Crippen LogP contribution in [-0.4, -0.2) is 37.5 Å². The average molecular weight is 199 g/mol. The molecule has 2 fully saturated rings. The Balaban J connectivity index is 1.78. The van der Waals surface area contributed by atoms with Crippen molar-refractivity contribution in [2.24, 2.45) is 0 Å². The van der Waals surface area contributed by atoms with Gasteiger partial charge in [-0.1, -0.05) is 0 Å². The Morgan fingerprint density at radius 2 is 2.07 bits per heavy atom. The van der Waals surface area contributed by atoms with E-state index in [1.165, 1.54) is 12.8 Å². The molecule has 0 amide bonds. The summed E-state index contributed by atoms with van der Waals surface area (Å²) >= 11 is 0. The van der Waals surface area contributed by atoms with E-state index in [0.717, 1.165) is 19.6 Å². The number of hydrogen-bond donors (Lipinski definition) is 1. The first-order chi connectivity index (χ1) is 6.77. The van der Waals surface area contributed by atoms with Crippen molar-refractivity contribution in [2.45, 2.75) is 57.4 Å². The van der Waals surface area contributed by atoms with E-state index in [0.29, 0.717) is 24.3 Å². The molecule has 2 aliphatic rings. The SMILES string of the molecule is CC(N[C@@H]1CCO[C@@H]1C)C1CCCO1. The van der Waals surface area contributed by atoms with Gasteiger partial charge in [-0.15, -0.1) is 0 Å². The van der Waals surface area contributed by atoms with E-state index < -0.39 is 0 Å². The third-order valence-electron chi connectivity index (χ3n) is 3.38. The summed E-state index contributed by atoms with van der Waals surface area (Å²) in [6.45, 7) is 6.21. The molecule has 2 saturated heterocycles. The van der Waals surface area contributed by atoms with Gasteiger partial charge in [0, 0.05) is 25.3 Å². The van der Waals surface area contributed by atoms with Crippen LogP contribution in [0.2, 0.25) is 0 Å². The lowest BCUT2D eigenvalue weighted by atomic mass is 10.1. The molecule has 1 N–H and O–H groups in total. The van der Waals surface area contributed by atoms with Gasteiger partial charge in [-0.2, -0.15) is 0 Å². The van der Waals surface area contributed by atoms with Gasteiger partial charge in [0.1, 0.15) is 0 Å². The van der Waals surface area contributed by atoms with Crippen molar-refractivity contribution in [3.05, 3.63) is 0 Å². The van der Waals surface area contributed by atoms with Crippen molar-refractivity contribution in [1.82, 2.24) is 5.32 Å². The lowest BCUT2D eigenvalue weighted by Crippen LogP contribution is -2.46. The first-order valence-corrected chi connectivity index (χ1v) is 5.76. The highest BCUT2D eigenvalue weighted by atomic mass is 16.5. The van der Waals surface area contributed by atoms with E-state index in [1.54, 1.807) is 0 Å². The highest BCUT2D eigenvalue weighted by molar-refractivity contribution is 4.85. The summed E-state index contributed by atoms with van der Waals surface area (Å²) < 4.78 is 11.2. The van der Waals surface area contributed by atoms with E-state index in [4.69, 9.17) is 9.47 Å². The minimum Gasteiger partial charge on any atom is -0.377 e. The van der Waals surface area contributed by atoms with Crippen LogP contribution < -0.4 is 5.32 Å². The molecule has 0 bridgehead atoms. The monoisotopic (exact) mass is 199 g/mol. The van der Waals surface area contributed by atoms with Crippen molar-refractivity contribution in [1.29, 1.82) is 0 Å². The smallest absolute Gasteiger partial charge is 0.0726 e. The maximum Gasteiger partial charge on any atom is 0.0726 e. The molecule has 0 spiro atoms. The summed E-state index contributed by atoms with van der Waals surface area (Å²) in [6, 6.07) is 0.987. The fraction of sp³-hybridized carbons (Fsp3) is 1.00. The van der Waals surface area contributed by atoms with Crippen molar-refractivity contribution in [3.8, 4) is 0 Å². The number of ether oxygens (including phenoxy) is 2. The lowest BCUT2D eigenvalue weighted by Gasteiger charge is -2.25. The predicted octanol–water partition coefficient (Wildman–Crippen LogP) is 1.32. The van der Waals surface area contributed by atoms with Gasteiger partial charge in [0.2, 0.25) is 0 Å². The molecule has 82 valence electrons. The van der Waals surface area contributed by atoms with Gasteiger partial charge >= 0.3 is 0 Å². The number of rotatable bonds is 3. The fourth-order valence-corrected chi connectivity index (χ4v) is 2.39. The molecular formula is C11H21NO2. The van der Waals surface area contributed by atoms with Crippen molar-refractivity contribution < 1.29 is 9.47 Å². The maximum absolute atomic E-state index is 5.66. The molecule has 2 unspecified atom stereocenters. The molecular weight excluding hydrogens is 178 g/mol. The third-order valence-corrected chi connectivity index (χ3v) is 3.38. The second-order valence-corrected chi connectivity index (χ2v) is 4.48. The van der Waals surface area contributed by atoms with Gasteiger partial charge < -0.3 is 14.8 Å². The molecule has 14 heavy (non-hydrogen) atoms. The largest absolute Gasteiger partial charge is 0.377 e. The van der Waals surface area contributed by atoms with Crippen LogP contribution in [-0.2, 0) is 9.47 Å². The molecule has 0 aromatic carbocycles. The van der Waals surface area contributed by atoms with Crippen LogP contribution in [0.1, 0.15) is 33.1 Å². The van der Waals surface area contributed by atoms with Crippen LogP contribution >= 0.6 is 0 Å². The van der Waals surface area contributed by atoms with Gasteiger partial charge in [-0.25, -0.2) is 0 Å². The second kappa shape index (κ2) is 4.60. The topological polar surface area (TPSA) is 30.5 Å². The summed E-state index contributed by atoms with van der Waals surface area (Å²) in [6.07, 6.45) is 4.34. The van der Waals surface area contributed by atoms with Gasteiger partial charge in [-0.3, -0.25) is 0 Å². The summed E-state index contributed by atoms with van der Waals surface area (Å²) in [5.41, 5.74) is 0. The fourth-order valence-electron chi connectivity index (χ4n) is 2.39. The Morgan fingerprint density at radius 3 is 2.64 bits per heavy atom. The van der Waals surface area contributed by atoms with E-state index in [9.17, 15) is 0 Å². The molecule has 0 aromatic heterocycles. The Labute approximate surface area is 86.2 Å². The van der Waals surface area contributed by atoms with E-state index in [2.05, 4.69) is 19.2 Å². The van der Waals surface area contributed by atoms with Crippen LogP contribution in [0.3, 0.4) is 0 Å². The first kappa shape index (κ1) is 10.4. The minimum atomic E-state index is 0.360. The summed E-state index contributed by atoms with van der Waals surface area (Å²) in [5.74, 6) is 0. The Kier molecular flexibility index (Phi) is 3.42. The third kappa shape index (κ3) is 2.27. The predicted molar refractivity (Wildman–Crippen MR) is 55.4 cm³/mol. The molecule has 0 saturated carbocycles. The zero-order valence-electron chi connectivity index (χ0n) is 9.16. The van der Waals surface area contributed by atoms with Crippen LogP contribution in [0, 0.1) is 0 Å². The number of hydrogen-bond acceptors (Lipinski definition) is 3. The van der Waals surface area contributed by atoms with Gasteiger partial charge in [0.25, 0.3) is 0 Å². The van der Waals surface area contributed by atoms with Crippen molar-refractivity contribution in [2.75, 3.05) is 13.2 Å². The van der Waals surface area contributed by atoms with Crippen molar-refractivity contribution in [3.63, 3.8) is 0 Å². The molecule has 3 nitrogen and oxygen atoms in total. The number of nitrogens with one attached hydrogen (secondary N) is 1. The van der Waals surface area contributed by atoms with Gasteiger partial charge in [0.15, 0.2) is 0 Å². The summed E-state index contributed by atoms with van der Waals surface area (Å²) in [5, 5.41) is 3.62. The second-order valence-electron chi connectivity index (χ2n) is 4.48. The Morgan fingerprint density at radius 1 is 1.21 bits per heavy atom. The maximum atomic E-state index is 5.66. The Hall–Kier alpha value is -0.120. The van der Waals surface area contributed by atoms with E-state index in [1.807, 2.05) is 0 Å². The minimum absolute atomic E-state index is 0.360. The van der Waals surface area contributed by atoms with E-state index >= 15 is 0 Å². The molecule has 0 aromatic rings. The molecule has 2 heterocycles. The molecule has 2 aliphatic heterocycles. The molecule has 0 aliphatic carbocycles. The summed E-state index contributed by atoms with van der Waals surface area (Å²) in [4.78, 5) is 0. The highest BCUT2D eigenvalue weighted by Gasteiger charge is 2.29. The van der Waals surface area contributed by atoms with Crippen LogP contribution in [0.15, 0.2) is 0 Å². The zero-order chi connectivity index (χ0) is 9.97. The molecule has 4 atom stereocenters. The average Bonchev–Trinajstić information content (AvgIpc) is 2.77. The molecule has 0 radical (unpaired) electrons. The van der Waals surface area contributed by atoms with Crippen molar-refractivity contribution >= 4 is 0 Å². The highest BCUT2D eigenvalue weighted by Crippen LogP contribution is 2.19. The van der Waals surface area contributed by atoms with Gasteiger partial charge in [0.05, 0.1) is 12.2 Å². The normalized spacial score (nSPS) is 40.3. The quantitative estimate of drug-likeness (QED) is 0.743. The summed E-state index contributed by atoms with van der Waals surface area (Å²) in [7, 11) is 0. The zero-order valence-corrected chi connectivity index (χ0v) is 9.16. The van der Waals surface area contributed by atoms with Crippen LogP contribution in [0.4, 0.5) is 0 Å². The van der Waals surface area contributed by atoms with Crippen LogP contribution in [0.5, 0.6) is 0 Å². The van der Waals surface area contributed by atoms with Crippen LogP contribution in [0.25, 0.3) is 0 Å². The standard InChI is InChI=1S/C11H21NO2/c1-8(11-4-3-6-14-11)12-10-5-7-13-9(10)2/h8-12H,3-7H2,1-2H3/t8?,9-,10-,11?/m1/s1. The molecule has 3 heteroatoms. The van der Waals surface area contributed by atoms with E-state index in [-0.39, 0.29) is 0 Å². The first-order valence-electron chi connectivity index (χ1n) is 5.76. The Bertz CT molecular complexity index is 180. The molecule has 2 rings (SSSR count).